The summed E-state index contributed by atoms with van der Waals surface area (Å²) in [5.41, 5.74) is 0. The molecule has 0 unspecified atom stereocenters. The Balaban J connectivity index is 1.45. The molecule has 0 atom stereocenters. The van der Waals surface area contributed by atoms with E-state index in [0.717, 1.165) is 19.1 Å². The molecule has 0 spiro atoms. The molecule has 0 aromatic heterocycles. The monoisotopic (exact) mass is 212 g/mol. The number of rotatable bonds is 6. The van der Waals surface area contributed by atoms with Gasteiger partial charge in [-0.25, -0.2) is 0 Å². The summed E-state index contributed by atoms with van der Waals surface area (Å²) in [6, 6.07) is 0. The highest BCUT2D eigenvalue weighted by Gasteiger charge is 2.29. The topological polar surface area (TPSA) is 18.5 Å². The third-order valence-electron chi connectivity index (χ3n) is 3.78. The lowest BCUT2D eigenvalue weighted by atomic mass is 9.80. The van der Waals surface area contributed by atoms with Gasteiger partial charge in [0, 0.05) is 13.2 Å². The Kier molecular flexibility index (Phi) is 4.45. The van der Waals surface area contributed by atoms with Gasteiger partial charge in [-0.15, -0.1) is 0 Å². The van der Waals surface area contributed by atoms with E-state index in [1.807, 2.05) is 0 Å². The molecule has 0 radical (unpaired) electrons. The molecule has 2 aliphatic rings. The average molecular weight is 212 g/mol. The zero-order valence-corrected chi connectivity index (χ0v) is 9.91. The Labute approximate surface area is 93.3 Å². The Morgan fingerprint density at radius 2 is 1.73 bits per heavy atom. The molecule has 0 aromatic rings. The molecule has 0 aromatic carbocycles. The van der Waals surface area contributed by atoms with Crippen LogP contribution in [0.4, 0.5) is 0 Å². The summed E-state index contributed by atoms with van der Waals surface area (Å²) in [5.74, 6) is 0.878. The van der Waals surface area contributed by atoms with E-state index < -0.39 is 0 Å². The SMILES string of the molecule is CCOC1CC(CCOC2CCCC2)C1. The van der Waals surface area contributed by atoms with Crippen LogP contribution in [-0.4, -0.2) is 25.4 Å². The van der Waals surface area contributed by atoms with Crippen molar-refractivity contribution < 1.29 is 9.47 Å². The summed E-state index contributed by atoms with van der Waals surface area (Å²) in [7, 11) is 0. The molecule has 2 fully saturated rings. The third-order valence-corrected chi connectivity index (χ3v) is 3.78. The molecule has 2 aliphatic carbocycles. The van der Waals surface area contributed by atoms with Crippen LogP contribution in [0.1, 0.15) is 51.9 Å². The quantitative estimate of drug-likeness (QED) is 0.673. The molecule has 0 bridgehead atoms. The summed E-state index contributed by atoms with van der Waals surface area (Å²) in [6.45, 7) is 3.93. The Morgan fingerprint density at radius 1 is 1.00 bits per heavy atom. The molecule has 2 nitrogen and oxygen atoms in total. The fourth-order valence-corrected chi connectivity index (χ4v) is 2.74. The van der Waals surface area contributed by atoms with Crippen molar-refractivity contribution in [3.05, 3.63) is 0 Å². The van der Waals surface area contributed by atoms with Gasteiger partial charge in [-0.1, -0.05) is 12.8 Å². The standard InChI is InChI=1S/C13H24O2/c1-2-14-13-9-11(10-13)7-8-15-12-5-3-4-6-12/h11-13H,2-10H2,1H3. The van der Waals surface area contributed by atoms with E-state index in [9.17, 15) is 0 Å². The van der Waals surface area contributed by atoms with Crippen molar-refractivity contribution in [2.24, 2.45) is 5.92 Å². The van der Waals surface area contributed by atoms with Crippen LogP contribution in [0.25, 0.3) is 0 Å². The average Bonchev–Trinajstić information content (AvgIpc) is 2.66. The van der Waals surface area contributed by atoms with Gasteiger partial charge in [-0.3, -0.25) is 0 Å². The van der Waals surface area contributed by atoms with Crippen LogP contribution in [0.15, 0.2) is 0 Å². The molecule has 2 heteroatoms. The van der Waals surface area contributed by atoms with E-state index in [1.165, 1.54) is 44.9 Å². The van der Waals surface area contributed by atoms with Crippen molar-refractivity contribution in [3.8, 4) is 0 Å². The van der Waals surface area contributed by atoms with Crippen molar-refractivity contribution in [1.82, 2.24) is 0 Å². The second kappa shape index (κ2) is 5.86. The molecular weight excluding hydrogens is 188 g/mol. The smallest absolute Gasteiger partial charge is 0.0580 e. The minimum absolute atomic E-state index is 0.562. The Hall–Kier alpha value is -0.0800. The summed E-state index contributed by atoms with van der Waals surface area (Å²) in [5, 5.41) is 0. The maximum Gasteiger partial charge on any atom is 0.0580 e. The van der Waals surface area contributed by atoms with Crippen LogP contribution in [0.3, 0.4) is 0 Å². The number of ether oxygens (including phenoxy) is 2. The van der Waals surface area contributed by atoms with Gasteiger partial charge >= 0.3 is 0 Å². The molecule has 0 saturated heterocycles. The Bertz CT molecular complexity index is 169. The minimum Gasteiger partial charge on any atom is -0.378 e. The van der Waals surface area contributed by atoms with E-state index in [-0.39, 0.29) is 0 Å². The van der Waals surface area contributed by atoms with Gasteiger partial charge in [0.15, 0.2) is 0 Å². The highest BCUT2D eigenvalue weighted by molar-refractivity contribution is 4.80. The van der Waals surface area contributed by atoms with Crippen molar-refractivity contribution in [2.75, 3.05) is 13.2 Å². The maximum absolute atomic E-state index is 5.86. The molecule has 0 amide bonds. The van der Waals surface area contributed by atoms with Crippen LogP contribution in [0.5, 0.6) is 0 Å². The largest absolute Gasteiger partial charge is 0.378 e. The van der Waals surface area contributed by atoms with E-state index in [1.54, 1.807) is 0 Å². The highest BCUT2D eigenvalue weighted by Crippen LogP contribution is 2.33. The molecule has 0 heterocycles. The lowest BCUT2D eigenvalue weighted by molar-refractivity contribution is -0.0389. The van der Waals surface area contributed by atoms with Crippen LogP contribution < -0.4 is 0 Å². The molecule has 0 N–H and O–H groups in total. The van der Waals surface area contributed by atoms with Gasteiger partial charge in [-0.2, -0.15) is 0 Å². The van der Waals surface area contributed by atoms with Gasteiger partial charge in [-0.05, 0) is 44.9 Å². The summed E-state index contributed by atoms with van der Waals surface area (Å²) in [6.07, 6.45) is 10.3. The van der Waals surface area contributed by atoms with Gasteiger partial charge in [0.2, 0.25) is 0 Å². The van der Waals surface area contributed by atoms with Gasteiger partial charge in [0.1, 0.15) is 0 Å². The lowest BCUT2D eigenvalue weighted by Crippen LogP contribution is -2.32. The van der Waals surface area contributed by atoms with Crippen molar-refractivity contribution >= 4 is 0 Å². The molecular formula is C13H24O2. The number of hydrogen-bond donors (Lipinski definition) is 0. The van der Waals surface area contributed by atoms with Crippen LogP contribution >= 0.6 is 0 Å². The first-order valence-corrected chi connectivity index (χ1v) is 6.61. The summed E-state index contributed by atoms with van der Waals surface area (Å²) < 4.78 is 11.4. The molecule has 2 rings (SSSR count). The first kappa shape index (κ1) is 11.4. The zero-order valence-electron chi connectivity index (χ0n) is 9.91. The van der Waals surface area contributed by atoms with Crippen LogP contribution in [0.2, 0.25) is 0 Å². The van der Waals surface area contributed by atoms with Crippen LogP contribution in [0, 0.1) is 5.92 Å². The maximum atomic E-state index is 5.86. The van der Waals surface area contributed by atoms with E-state index in [0.29, 0.717) is 12.2 Å². The highest BCUT2D eigenvalue weighted by atomic mass is 16.5. The fraction of sp³-hybridized carbons (Fsp3) is 1.00. The van der Waals surface area contributed by atoms with Crippen molar-refractivity contribution in [2.45, 2.75) is 64.1 Å². The molecule has 88 valence electrons. The van der Waals surface area contributed by atoms with E-state index in [4.69, 9.17) is 9.47 Å². The first-order chi connectivity index (χ1) is 7.38. The van der Waals surface area contributed by atoms with Gasteiger partial charge < -0.3 is 9.47 Å². The summed E-state index contributed by atoms with van der Waals surface area (Å²) in [4.78, 5) is 0. The molecule has 15 heavy (non-hydrogen) atoms. The fourth-order valence-electron chi connectivity index (χ4n) is 2.74. The zero-order chi connectivity index (χ0) is 10.5. The van der Waals surface area contributed by atoms with Gasteiger partial charge in [0.25, 0.3) is 0 Å². The lowest BCUT2D eigenvalue weighted by Gasteiger charge is -2.35. The second-order valence-electron chi connectivity index (χ2n) is 4.98. The van der Waals surface area contributed by atoms with Crippen molar-refractivity contribution in [1.29, 1.82) is 0 Å². The third kappa shape index (κ3) is 3.46. The van der Waals surface area contributed by atoms with Crippen LogP contribution in [-0.2, 0) is 9.47 Å². The number of hydrogen-bond acceptors (Lipinski definition) is 2. The predicted octanol–water partition coefficient (Wildman–Crippen LogP) is 3.15. The Morgan fingerprint density at radius 3 is 2.40 bits per heavy atom. The van der Waals surface area contributed by atoms with Gasteiger partial charge in [0.05, 0.1) is 12.2 Å². The minimum atomic E-state index is 0.562. The molecule has 0 aliphatic heterocycles. The van der Waals surface area contributed by atoms with Crippen molar-refractivity contribution in [3.63, 3.8) is 0 Å². The van der Waals surface area contributed by atoms with E-state index in [2.05, 4.69) is 6.92 Å². The normalized spacial score (nSPS) is 31.8. The second-order valence-corrected chi connectivity index (χ2v) is 4.98. The molecule has 2 saturated carbocycles. The predicted molar refractivity (Wildman–Crippen MR) is 61.0 cm³/mol. The van der Waals surface area contributed by atoms with E-state index >= 15 is 0 Å². The first-order valence-electron chi connectivity index (χ1n) is 6.61. The summed E-state index contributed by atoms with van der Waals surface area (Å²) >= 11 is 0.